The average molecular weight is 220 g/mol. The summed E-state index contributed by atoms with van der Waals surface area (Å²) in [7, 11) is 1.69. The molecule has 0 saturated carbocycles. The number of hydrogen-bond acceptors (Lipinski definition) is 2. The third kappa shape index (κ3) is 1.71. The number of benzene rings is 1. The Balaban J connectivity index is 2.31. The van der Waals surface area contributed by atoms with Crippen molar-refractivity contribution in [2.75, 3.05) is 13.6 Å². The summed E-state index contributed by atoms with van der Waals surface area (Å²) >= 11 is 0. The molecule has 0 radical (unpaired) electrons. The Kier molecular flexibility index (Phi) is 2.52. The second kappa shape index (κ2) is 3.84. The quantitative estimate of drug-likeness (QED) is 0.783. The van der Waals surface area contributed by atoms with Crippen LogP contribution >= 0.6 is 0 Å². The maximum atomic E-state index is 11.3. The molecule has 5 heteroatoms. The van der Waals surface area contributed by atoms with Gasteiger partial charge in [0.15, 0.2) is 0 Å². The lowest BCUT2D eigenvalue weighted by molar-refractivity contribution is 0.0696. The smallest absolute Gasteiger partial charge is 0.335 e. The average Bonchev–Trinajstić information content (AvgIpc) is 2.60. The van der Waals surface area contributed by atoms with E-state index in [1.165, 1.54) is 6.07 Å². The number of carboxylic acids is 1. The molecule has 1 aromatic rings. The predicted octanol–water partition coefficient (Wildman–Crippen LogP) is 1.08. The van der Waals surface area contributed by atoms with Gasteiger partial charge < -0.3 is 15.3 Å². The molecule has 0 spiro atoms. The number of carboxylic acid groups (broad SMARTS) is 1. The van der Waals surface area contributed by atoms with Crippen LogP contribution in [-0.2, 0) is 0 Å². The molecule has 1 aliphatic heterocycles. The van der Waals surface area contributed by atoms with Gasteiger partial charge in [-0.2, -0.15) is 0 Å². The number of aromatic carboxylic acids is 1. The van der Waals surface area contributed by atoms with E-state index in [4.69, 9.17) is 5.11 Å². The lowest BCUT2D eigenvalue weighted by atomic mass is 10.0. The summed E-state index contributed by atoms with van der Waals surface area (Å²) < 4.78 is 0. The van der Waals surface area contributed by atoms with Crippen LogP contribution in [0.4, 0.5) is 4.79 Å². The first-order valence-corrected chi connectivity index (χ1v) is 4.93. The van der Waals surface area contributed by atoms with Crippen molar-refractivity contribution in [2.45, 2.75) is 6.04 Å². The minimum atomic E-state index is -0.957. The van der Waals surface area contributed by atoms with E-state index in [0.717, 1.165) is 5.56 Å². The zero-order valence-electron chi connectivity index (χ0n) is 8.80. The number of urea groups is 1. The van der Waals surface area contributed by atoms with E-state index in [0.29, 0.717) is 6.54 Å². The van der Waals surface area contributed by atoms with Gasteiger partial charge >= 0.3 is 12.0 Å². The van der Waals surface area contributed by atoms with Crippen molar-refractivity contribution in [3.05, 3.63) is 35.4 Å². The number of nitrogens with zero attached hydrogens (tertiary/aromatic N) is 1. The zero-order chi connectivity index (χ0) is 11.7. The van der Waals surface area contributed by atoms with E-state index in [9.17, 15) is 9.59 Å². The van der Waals surface area contributed by atoms with Crippen molar-refractivity contribution < 1.29 is 14.7 Å². The first-order valence-electron chi connectivity index (χ1n) is 4.93. The van der Waals surface area contributed by atoms with Crippen LogP contribution in [0, 0.1) is 0 Å². The van der Waals surface area contributed by atoms with Crippen LogP contribution in [0.5, 0.6) is 0 Å². The lowest BCUT2D eigenvalue weighted by Crippen LogP contribution is -2.25. The molecule has 2 amide bonds. The number of carbonyl (C=O) groups is 2. The van der Waals surface area contributed by atoms with Crippen molar-refractivity contribution in [1.29, 1.82) is 0 Å². The number of hydrogen-bond donors (Lipinski definition) is 2. The molecule has 1 aliphatic rings. The topological polar surface area (TPSA) is 69.6 Å². The number of likely N-dealkylation sites (N-methyl/N-ethyl adjacent to an activating group) is 1. The molecule has 2 rings (SSSR count). The number of rotatable bonds is 2. The number of nitrogens with one attached hydrogen (secondary N) is 1. The fraction of sp³-hybridized carbons (Fsp3) is 0.273. The molecular formula is C11H12N2O3. The highest BCUT2D eigenvalue weighted by molar-refractivity contribution is 5.87. The van der Waals surface area contributed by atoms with Crippen LogP contribution in [0.15, 0.2) is 24.3 Å². The van der Waals surface area contributed by atoms with Crippen molar-refractivity contribution in [2.24, 2.45) is 0 Å². The number of carbonyl (C=O) groups excluding carboxylic acids is 1. The Labute approximate surface area is 92.7 Å². The minimum Gasteiger partial charge on any atom is -0.478 e. The van der Waals surface area contributed by atoms with Crippen molar-refractivity contribution in [3.8, 4) is 0 Å². The summed E-state index contributed by atoms with van der Waals surface area (Å²) in [5.41, 5.74) is 1.07. The van der Waals surface area contributed by atoms with Gasteiger partial charge in [-0.1, -0.05) is 12.1 Å². The van der Waals surface area contributed by atoms with Crippen LogP contribution in [0.1, 0.15) is 22.0 Å². The highest BCUT2D eigenvalue weighted by Crippen LogP contribution is 2.23. The van der Waals surface area contributed by atoms with Crippen LogP contribution in [0.3, 0.4) is 0 Å². The Morgan fingerprint density at radius 3 is 2.88 bits per heavy atom. The molecule has 0 bridgehead atoms. The SMILES string of the molecule is CN1C(=O)NCC1c1cccc(C(=O)O)c1. The number of amides is 2. The third-order valence-electron chi connectivity index (χ3n) is 2.75. The monoisotopic (exact) mass is 220 g/mol. The van der Waals surface area contributed by atoms with Crippen LogP contribution in [-0.4, -0.2) is 35.6 Å². The lowest BCUT2D eigenvalue weighted by Gasteiger charge is -2.18. The summed E-state index contributed by atoms with van der Waals surface area (Å²) in [5.74, 6) is -0.957. The van der Waals surface area contributed by atoms with Gasteiger partial charge in [0.05, 0.1) is 11.6 Å². The molecule has 1 fully saturated rings. The molecule has 1 heterocycles. The minimum absolute atomic E-state index is 0.0909. The maximum absolute atomic E-state index is 11.3. The van der Waals surface area contributed by atoms with Gasteiger partial charge in [-0.25, -0.2) is 9.59 Å². The first kappa shape index (κ1) is 10.5. The van der Waals surface area contributed by atoms with Gasteiger partial charge in [0, 0.05) is 13.6 Å². The Bertz CT molecular complexity index is 445. The Hall–Kier alpha value is -2.04. The first-order chi connectivity index (χ1) is 7.59. The normalized spacial score (nSPS) is 19.7. The van der Waals surface area contributed by atoms with Crippen molar-refractivity contribution >= 4 is 12.0 Å². The predicted molar refractivity (Wildman–Crippen MR) is 57.3 cm³/mol. The van der Waals surface area contributed by atoms with E-state index in [1.54, 1.807) is 24.1 Å². The van der Waals surface area contributed by atoms with Gasteiger partial charge in [-0.3, -0.25) is 0 Å². The van der Waals surface area contributed by atoms with Gasteiger partial charge in [-0.05, 0) is 17.7 Å². The van der Waals surface area contributed by atoms with Crippen molar-refractivity contribution in [3.63, 3.8) is 0 Å². The van der Waals surface area contributed by atoms with Gasteiger partial charge in [0.2, 0.25) is 0 Å². The molecule has 84 valence electrons. The van der Waals surface area contributed by atoms with Gasteiger partial charge in [0.1, 0.15) is 0 Å². The highest BCUT2D eigenvalue weighted by Gasteiger charge is 2.28. The van der Waals surface area contributed by atoms with Crippen LogP contribution in [0.25, 0.3) is 0 Å². The van der Waals surface area contributed by atoms with E-state index in [-0.39, 0.29) is 17.6 Å². The van der Waals surface area contributed by atoms with E-state index in [1.807, 2.05) is 6.07 Å². The second-order valence-electron chi connectivity index (χ2n) is 3.74. The molecule has 2 N–H and O–H groups in total. The molecule has 5 nitrogen and oxygen atoms in total. The van der Waals surface area contributed by atoms with Gasteiger partial charge in [0.25, 0.3) is 0 Å². The highest BCUT2D eigenvalue weighted by atomic mass is 16.4. The fourth-order valence-corrected chi connectivity index (χ4v) is 1.81. The van der Waals surface area contributed by atoms with E-state index < -0.39 is 5.97 Å². The molecular weight excluding hydrogens is 208 g/mol. The zero-order valence-corrected chi connectivity index (χ0v) is 8.80. The molecule has 0 aliphatic carbocycles. The Morgan fingerprint density at radius 1 is 1.56 bits per heavy atom. The van der Waals surface area contributed by atoms with Crippen LogP contribution in [0.2, 0.25) is 0 Å². The van der Waals surface area contributed by atoms with Gasteiger partial charge in [-0.15, -0.1) is 0 Å². The summed E-state index contributed by atoms with van der Waals surface area (Å²) in [5, 5.41) is 11.6. The van der Waals surface area contributed by atoms with E-state index in [2.05, 4.69) is 5.32 Å². The summed E-state index contributed by atoms with van der Waals surface area (Å²) in [6.07, 6.45) is 0. The summed E-state index contributed by atoms with van der Waals surface area (Å²) in [4.78, 5) is 23.7. The molecule has 1 atom stereocenters. The molecule has 0 aromatic heterocycles. The molecule has 1 unspecified atom stereocenters. The Morgan fingerprint density at radius 2 is 2.31 bits per heavy atom. The largest absolute Gasteiger partial charge is 0.478 e. The second-order valence-corrected chi connectivity index (χ2v) is 3.74. The summed E-state index contributed by atoms with van der Waals surface area (Å²) in [6.45, 7) is 0.512. The molecule has 1 aromatic carbocycles. The summed E-state index contributed by atoms with van der Waals surface area (Å²) in [6, 6.07) is 6.43. The maximum Gasteiger partial charge on any atom is 0.335 e. The third-order valence-corrected chi connectivity index (χ3v) is 2.75. The van der Waals surface area contributed by atoms with Crippen LogP contribution < -0.4 is 5.32 Å². The molecule has 1 saturated heterocycles. The standard InChI is InChI=1S/C11H12N2O3/c1-13-9(6-12-11(13)16)7-3-2-4-8(5-7)10(14)15/h2-5,9H,6H2,1H3,(H,12,16)(H,14,15). The fourth-order valence-electron chi connectivity index (χ4n) is 1.81. The van der Waals surface area contributed by atoms with Crippen molar-refractivity contribution in [1.82, 2.24) is 10.2 Å². The van der Waals surface area contributed by atoms with E-state index >= 15 is 0 Å². The molecule has 16 heavy (non-hydrogen) atoms.